The van der Waals surface area contributed by atoms with Crippen molar-refractivity contribution in [2.75, 3.05) is 13.2 Å². The van der Waals surface area contributed by atoms with Gasteiger partial charge in [-0.25, -0.2) is 0 Å². The van der Waals surface area contributed by atoms with Crippen LogP contribution in [0.2, 0.25) is 5.02 Å². The van der Waals surface area contributed by atoms with E-state index in [1.807, 2.05) is 6.92 Å². The third-order valence-corrected chi connectivity index (χ3v) is 2.72. The highest BCUT2D eigenvalue weighted by Crippen LogP contribution is 2.15. The molecule has 0 saturated carbocycles. The van der Waals surface area contributed by atoms with Crippen LogP contribution < -0.4 is 10.1 Å². The smallest absolute Gasteiger partial charge is 0.119 e. The molecule has 0 aliphatic carbocycles. The molecule has 0 fully saturated rings. The molecule has 1 rings (SSSR count). The topological polar surface area (TPSA) is 41.5 Å². The van der Waals surface area contributed by atoms with Gasteiger partial charge in [-0.05, 0) is 30.7 Å². The van der Waals surface area contributed by atoms with Crippen molar-refractivity contribution in [1.82, 2.24) is 5.32 Å². The van der Waals surface area contributed by atoms with E-state index in [-0.39, 0.29) is 12.6 Å². The lowest BCUT2D eigenvalue weighted by atomic mass is 10.2. The molecule has 98 valence electrons. The summed E-state index contributed by atoms with van der Waals surface area (Å²) in [6.45, 7) is 2.63. The van der Waals surface area contributed by atoms with Crippen LogP contribution in [0.5, 0.6) is 5.75 Å². The van der Waals surface area contributed by atoms with Crippen molar-refractivity contribution in [2.45, 2.75) is 25.5 Å². The second kappa shape index (κ2) is 7.99. The number of nitrogens with one attached hydrogen (secondary N) is 1. The van der Waals surface area contributed by atoms with E-state index in [0.29, 0.717) is 17.3 Å². The van der Waals surface area contributed by atoms with Gasteiger partial charge in [0.15, 0.2) is 0 Å². The monoisotopic (exact) mass is 267 g/mol. The molecule has 0 aliphatic heterocycles. The van der Waals surface area contributed by atoms with Crippen LogP contribution in [-0.2, 0) is 0 Å². The molecular weight excluding hydrogens is 250 g/mol. The van der Waals surface area contributed by atoms with Crippen molar-refractivity contribution in [3.05, 3.63) is 29.3 Å². The zero-order valence-electron chi connectivity index (χ0n) is 10.4. The van der Waals surface area contributed by atoms with Crippen LogP contribution in [0.25, 0.3) is 0 Å². The highest BCUT2D eigenvalue weighted by atomic mass is 35.5. The van der Waals surface area contributed by atoms with E-state index in [1.54, 1.807) is 24.3 Å². The summed E-state index contributed by atoms with van der Waals surface area (Å²) in [5.74, 6) is 3.29. The maximum atomic E-state index is 9.72. The number of rotatable bonds is 7. The summed E-state index contributed by atoms with van der Waals surface area (Å²) >= 11 is 5.76. The molecule has 1 aromatic rings. The number of terminal acetylenes is 1. The average Bonchev–Trinajstić information content (AvgIpc) is 2.39. The molecule has 0 radical (unpaired) electrons. The summed E-state index contributed by atoms with van der Waals surface area (Å²) in [5, 5.41) is 13.5. The standard InChI is InChI=1S/C14H18ClNO2/c1-3-12(4-2)16-9-13(17)10-18-14-7-5-11(15)6-8-14/h1,5-8,12-13,16-17H,4,9-10H2,2H3. The van der Waals surface area contributed by atoms with Crippen LogP contribution in [0.1, 0.15) is 13.3 Å². The highest BCUT2D eigenvalue weighted by molar-refractivity contribution is 6.30. The molecule has 0 bridgehead atoms. The van der Waals surface area contributed by atoms with Crippen molar-refractivity contribution < 1.29 is 9.84 Å². The minimum atomic E-state index is -0.594. The van der Waals surface area contributed by atoms with E-state index < -0.39 is 6.10 Å². The Hall–Kier alpha value is -1.21. The quantitative estimate of drug-likeness (QED) is 0.744. The van der Waals surface area contributed by atoms with Gasteiger partial charge in [-0.3, -0.25) is 0 Å². The fourth-order valence-electron chi connectivity index (χ4n) is 1.38. The van der Waals surface area contributed by atoms with Gasteiger partial charge in [0.1, 0.15) is 18.5 Å². The van der Waals surface area contributed by atoms with E-state index in [4.69, 9.17) is 22.8 Å². The molecule has 2 N–H and O–H groups in total. The first-order valence-corrected chi connectivity index (χ1v) is 6.29. The van der Waals surface area contributed by atoms with E-state index in [1.165, 1.54) is 0 Å². The van der Waals surface area contributed by atoms with Crippen molar-refractivity contribution in [2.24, 2.45) is 0 Å². The van der Waals surface area contributed by atoms with Crippen molar-refractivity contribution in [1.29, 1.82) is 0 Å². The van der Waals surface area contributed by atoms with Crippen LogP contribution in [0.15, 0.2) is 24.3 Å². The van der Waals surface area contributed by atoms with Gasteiger partial charge < -0.3 is 15.2 Å². The first-order valence-electron chi connectivity index (χ1n) is 5.91. The minimum absolute atomic E-state index is 0.00446. The van der Waals surface area contributed by atoms with E-state index in [9.17, 15) is 5.11 Å². The van der Waals surface area contributed by atoms with Gasteiger partial charge in [-0.15, -0.1) is 6.42 Å². The van der Waals surface area contributed by atoms with Crippen LogP contribution in [0, 0.1) is 12.3 Å². The molecule has 0 aromatic heterocycles. The maximum absolute atomic E-state index is 9.72. The number of ether oxygens (including phenoxy) is 1. The molecule has 1 aromatic carbocycles. The van der Waals surface area contributed by atoms with Gasteiger partial charge in [0.2, 0.25) is 0 Å². The molecule has 2 atom stereocenters. The van der Waals surface area contributed by atoms with E-state index >= 15 is 0 Å². The average molecular weight is 268 g/mol. The number of halogens is 1. The minimum Gasteiger partial charge on any atom is -0.491 e. The Morgan fingerprint density at radius 2 is 2.11 bits per heavy atom. The SMILES string of the molecule is C#CC(CC)NCC(O)COc1ccc(Cl)cc1. The molecule has 0 saturated heterocycles. The Labute approximate surface area is 113 Å². The second-order valence-electron chi connectivity index (χ2n) is 3.95. The first-order chi connectivity index (χ1) is 8.65. The van der Waals surface area contributed by atoms with Crippen LogP contribution >= 0.6 is 11.6 Å². The summed E-state index contributed by atoms with van der Waals surface area (Å²) in [4.78, 5) is 0. The molecule has 18 heavy (non-hydrogen) atoms. The Morgan fingerprint density at radius 1 is 1.44 bits per heavy atom. The van der Waals surface area contributed by atoms with Crippen LogP contribution in [-0.4, -0.2) is 30.4 Å². The van der Waals surface area contributed by atoms with E-state index in [0.717, 1.165) is 6.42 Å². The second-order valence-corrected chi connectivity index (χ2v) is 4.39. The third kappa shape index (κ3) is 5.42. The van der Waals surface area contributed by atoms with E-state index in [2.05, 4.69) is 11.2 Å². The van der Waals surface area contributed by atoms with Gasteiger partial charge in [-0.2, -0.15) is 0 Å². The highest BCUT2D eigenvalue weighted by Gasteiger charge is 2.08. The molecular formula is C14H18ClNO2. The van der Waals surface area contributed by atoms with Crippen LogP contribution in [0.4, 0.5) is 0 Å². The zero-order chi connectivity index (χ0) is 13.4. The molecule has 0 aliphatic rings. The Morgan fingerprint density at radius 3 is 2.67 bits per heavy atom. The zero-order valence-corrected chi connectivity index (χ0v) is 11.2. The molecule has 4 heteroatoms. The van der Waals surface area contributed by atoms with Gasteiger partial charge in [0.05, 0.1) is 6.04 Å². The molecule has 0 heterocycles. The summed E-state index contributed by atoms with van der Waals surface area (Å²) in [7, 11) is 0. The molecule has 0 amide bonds. The number of aliphatic hydroxyl groups is 1. The van der Waals surface area contributed by atoms with Gasteiger partial charge >= 0.3 is 0 Å². The number of benzene rings is 1. The van der Waals surface area contributed by atoms with Crippen molar-refractivity contribution >= 4 is 11.6 Å². The number of hydrogen-bond acceptors (Lipinski definition) is 3. The predicted molar refractivity (Wildman–Crippen MR) is 73.9 cm³/mol. The predicted octanol–water partition coefficient (Wildman–Crippen LogP) is 2.08. The van der Waals surface area contributed by atoms with Crippen molar-refractivity contribution in [3.63, 3.8) is 0 Å². The number of hydrogen-bond donors (Lipinski definition) is 2. The van der Waals surface area contributed by atoms with Gasteiger partial charge in [-0.1, -0.05) is 24.4 Å². The number of aliphatic hydroxyl groups excluding tert-OH is 1. The molecule has 0 spiro atoms. The Kier molecular flexibility index (Phi) is 6.59. The Balaban J connectivity index is 2.27. The lowest BCUT2D eigenvalue weighted by Gasteiger charge is -2.16. The normalized spacial score (nSPS) is 13.7. The van der Waals surface area contributed by atoms with Gasteiger partial charge in [0.25, 0.3) is 0 Å². The lowest BCUT2D eigenvalue weighted by molar-refractivity contribution is 0.105. The summed E-state index contributed by atoms with van der Waals surface area (Å²) in [5.41, 5.74) is 0. The maximum Gasteiger partial charge on any atom is 0.119 e. The lowest BCUT2D eigenvalue weighted by Crippen LogP contribution is -2.37. The fraction of sp³-hybridized carbons (Fsp3) is 0.429. The molecule has 3 nitrogen and oxygen atoms in total. The first kappa shape index (κ1) is 14.8. The third-order valence-electron chi connectivity index (χ3n) is 2.47. The van der Waals surface area contributed by atoms with Gasteiger partial charge in [0, 0.05) is 11.6 Å². The summed E-state index contributed by atoms with van der Waals surface area (Å²) < 4.78 is 5.42. The van der Waals surface area contributed by atoms with Crippen molar-refractivity contribution in [3.8, 4) is 18.1 Å². The summed E-state index contributed by atoms with van der Waals surface area (Å²) in [6, 6.07) is 7.01. The largest absolute Gasteiger partial charge is 0.491 e. The summed E-state index contributed by atoms with van der Waals surface area (Å²) in [6.07, 6.45) is 5.55. The Bertz CT molecular complexity index is 386. The van der Waals surface area contributed by atoms with Crippen LogP contribution in [0.3, 0.4) is 0 Å². The fourth-order valence-corrected chi connectivity index (χ4v) is 1.51. The molecule has 2 unspecified atom stereocenters.